The van der Waals surface area contributed by atoms with Gasteiger partial charge in [-0.05, 0) is 6.92 Å². The van der Waals surface area contributed by atoms with Crippen LogP contribution in [0.4, 0.5) is 4.79 Å². The molecule has 1 N–H and O–H groups in total. The van der Waals surface area contributed by atoms with Crippen LogP contribution in [-0.2, 0) is 4.79 Å². The first kappa shape index (κ1) is 12.7. The molecule has 0 saturated heterocycles. The summed E-state index contributed by atoms with van der Waals surface area (Å²) in [6.07, 6.45) is 0. The Hall–Kier alpha value is -1.26. The third-order valence-electron chi connectivity index (χ3n) is 2.10. The van der Waals surface area contributed by atoms with Gasteiger partial charge < -0.3 is 14.9 Å². The number of amides is 2. The number of hydrogen-bond donors (Lipinski definition) is 1. The number of nitrogens with zero attached hydrogens (tertiary/aromatic N) is 2. The Morgan fingerprint density at radius 2 is 1.79 bits per heavy atom. The van der Waals surface area contributed by atoms with Crippen LogP contribution < -0.4 is 0 Å². The van der Waals surface area contributed by atoms with E-state index in [4.69, 9.17) is 5.11 Å². The molecule has 0 fully saturated rings. The van der Waals surface area contributed by atoms with Crippen molar-refractivity contribution in [3.8, 4) is 0 Å². The second-order valence-electron chi connectivity index (χ2n) is 3.42. The van der Waals surface area contributed by atoms with Crippen molar-refractivity contribution < 1.29 is 14.7 Å². The Labute approximate surface area is 84.3 Å². The maximum Gasteiger partial charge on any atom is 0.319 e. The van der Waals surface area contributed by atoms with Crippen molar-refractivity contribution in [2.45, 2.75) is 13.8 Å². The third-order valence-corrected chi connectivity index (χ3v) is 2.10. The predicted molar refractivity (Wildman–Crippen MR) is 53.1 cm³/mol. The largest absolute Gasteiger partial charge is 0.481 e. The van der Waals surface area contributed by atoms with Crippen molar-refractivity contribution >= 4 is 12.0 Å². The van der Waals surface area contributed by atoms with Crippen LogP contribution in [0.25, 0.3) is 0 Å². The van der Waals surface area contributed by atoms with Gasteiger partial charge in [0.2, 0.25) is 0 Å². The topological polar surface area (TPSA) is 60.9 Å². The first-order valence-corrected chi connectivity index (χ1v) is 4.59. The second kappa shape index (κ2) is 5.47. The van der Waals surface area contributed by atoms with Gasteiger partial charge in [-0.15, -0.1) is 0 Å². The highest BCUT2D eigenvalue weighted by Crippen LogP contribution is 2.01. The summed E-state index contributed by atoms with van der Waals surface area (Å²) >= 11 is 0. The van der Waals surface area contributed by atoms with Crippen LogP contribution in [0.5, 0.6) is 0 Å². The van der Waals surface area contributed by atoms with Crippen LogP contribution >= 0.6 is 0 Å². The molecule has 0 bridgehead atoms. The molecule has 0 aromatic heterocycles. The van der Waals surface area contributed by atoms with E-state index in [2.05, 4.69) is 0 Å². The number of carboxylic acid groups (broad SMARTS) is 1. The maximum atomic E-state index is 11.5. The molecule has 0 aliphatic rings. The summed E-state index contributed by atoms with van der Waals surface area (Å²) < 4.78 is 0. The molecule has 5 heteroatoms. The van der Waals surface area contributed by atoms with E-state index in [-0.39, 0.29) is 12.6 Å². The number of aliphatic carboxylic acids is 1. The molecule has 2 amide bonds. The Morgan fingerprint density at radius 1 is 1.29 bits per heavy atom. The molecule has 0 radical (unpaired) electrons. The van der Waals surface area contributed by atoms with Gasteiger partial charge in [-0.3, -0.25) is 4.79 Å². The van der Waals surface area contributed by atoms with Crippen LogP contribution in [0.1, 0.15) is 13.8 Å². The van der Waals surface area contributed by atoms with Crippen LogP contribution in [0.3, 0.4) is 0 Å². The molecule has 0 aliphatic carbocycles. The lowest BCUT2D eigenvalue weighted by atomic mass is 10.2. The van der Waals surface area contributed by atoms with Crippen molar-refractivity contribution in [2.24, 2.45) is 5.92 Å². The summed E-state index contributed by atoms with van der Waals surface area (Å²) in [6.45, 7) is 4.30. The van der Waals surface area contributed by atoms with Gasteiger partial charge in [0.1, 0.15) is 0 Å². The lowest BCUT2D eigenvalue weighted by Crippen LogP contribution is -2.41. The summed E-state index contributed by atoms with van der Waals surface area (Å²) in [4.78, 5) is 25.0. The molecule has 5 nitrogen and oxygen atoms in total. The van der Waals surface area contributed by atoms with Gasteiger partial charge >= 0.3 is 12.0 Å². The quantitative estimate of drug-likeness (QED) is 0.730. The minimum absolute atomic E-state index is 0.152. The van der Waals surface area contributed by atoms with E-state index in [9.17, 15) is 9.59 Å². The Morgan fingerprint density at radius 3 is 2.14 bits per heavy atom. The average Bonchev–Trinajstić information content (AvgIpc) is 2.14. The van der Waals surface area contributed by atoms with Crippen molar-refractivity contribution in [3.05, 3.63) is 0 Å². The van der Waals surface area contributed by atoms with E-state index in [1.54, 1.807) is 21.0 Å². The lowest BCUT2D eigenvalue weighted by molar-refractivity contribution is -0.141. The highest BCUT2D eigenvalue weighted by Gasteiger charge is 2.18. The molecule has 1 unspecified atom stereocenters. The van der Waals surface area contributed by atoms with Gasteiger partial charge in [-0.2, -0.15) is 0 Å². The minimum atomic E-state index is -0.885. The molecule has 0 aromatic carbocycles. The van der Waals surface area contributed by atoms with Crippen LogP contribution in [0, 0.1) is 5.92 Å². The zero-order valence-electron chi connectivity index (χ0n) is 9.15. The molecule has 0 aliphatic heterocycles. The molecular weight excluding hydrogens is 184 g/mol. The standard InChI is InChI=1S/C9H18N2O3/c1-5-10(3)9(14)11(4)6-7(2)8(12)13/h7H,5-6H2,1-4H3,(H,12,13). The fraction of sp³-hybridized carbons (Fsp3) is 0.778. The summed E-state index contributed by atoms with van der Waals surface area (Å²) in [5.41, 5.74) is 0. The van der Waals surface area contributed by atoms with Crippen molar-refractivity contribution in [1.29, 1.82) is 0 Å². The number of carbonyl (C=O) groups excluding carboxylic acids is 1. The fourth-order valence-electron chi connectivity index (χ4n) is 0.994. The molecule has 14 heavy (non-hydrogen) atoms. The second-order valence-corrected chi connectivity index (χ2v) is 3.42. The number of carbonyl (C=O) groups is 2. The number of urea groups is 1. The van der Waals surface area contributed by atoms with Gasteiger partial charge in [-0.1, -0.05) is 6.92 Å². The SMILES string of the molecule is CCN(C)C(=O)N(C)CC(C)C(=O)O. The molecule has 0 rings (SSSR count). The van der Waals surface area contributed by atoms with Gasteiger partial charge in [0.15, 0.2) is 0 Å². The molecule has 0 spiro atoms. The number of rotatable bonds is 4. The zero-order valence-corrected chi connectivity index (χ0v) is 9.15. The summed E-state index contributed by atoms with van der Waals surface area (Å²) in [7, 11) is 3.29. The molecule has 0 heterocycles. The normalized spacial score (nSPS) is 12.0. The maximum absolute atomic E-state index is 11.5. The summed E-state index contributed by atoms with van der Waals surface area (Å²) in [6, 6.07) is -0.152. The van der Waals surface area contributed by atoms with Crippen molar-refractivity contribution in [1.82, 2.24) is 9.80 Å². The summed E-state index contributed by atoms with van der Waals surface area (Å²) in [5.74, 6) is -1.42. The Bertz CT molecular complexity index is 218. The van der Waals surface area contributed by atoms with Crippen LogP contribution in [-0.4, -0.2) is 54.1 Å². The Kier molecular flexibility index (Phi) is 4.97. The number of hydrogen-bond acceptors (Lipinski definition) is 2. The van der Waals surface area contributed by atoms with Crippen LogP contribution in [0.2, 0.25) is 0 Å². The van der Waals surface area contributed by atoms with E-state index in [0.717, 1.165) is 0 Å². The average molecular weight is 202 g/mol. The summed E-state index contributed by atoms with van der Waals surface area (Å²) in [5, 5.41) is 8.66. The predicted octanol–water partition coefficient (Wildman–Crippen LogP) is 0.711. The van der Waals surface area contributed by atoms with Gasteiger partial charge in [0.25, 0.3) is 0 Å². The third kappa shape index (κ3) is 3.64. The van der Waals surface area contributed by atoms with E-state index in [1.807, 2.05) is 6.92 Å². The van der Waals surface area contributed by atoms with E-state index in [0.29, 0.717) is 6.54 Å². The van der Waals surface area contributed by atoms with Crippen LogP contribution in [0.15, 0.2) is 0 Å². The molecule has 0 saturated carbocycles. The highest BCUT2D eigenvalue weighted by atomic mass is 16.4. The van der Waals surface area contributed by atoms with Crippen molar-refractivity contribution in [3.63, 3.8) is 0 Å². The molecular formula is C9H18N2O3. The van der Waals surface area contributed by atoms with E-state index in [1.165, 1.54) is 9.80 Å². The first-order chi connectivity index (χ1) is 6.40. The lowest BCUT2D eigenvalue weighted by Gasteiger charge is -2.25. The van der Waals surface area contributed by atoms with Crippen molar-refractivity contribution in [2.75, 3.05) is 27.2 Å². The Balaban J connectivity index is 4.14. The van der Waals surface area contributed by atoms with Gasteiger partial charge in [-0.25, -0.2) is 4.79 Å². The minimum Gasteiger partial charge on any atom is -0.481 e. The smallest absolute Gasteiger partial charge is 0.319 e. The zero-order chi connectivity index (χ0) is 11.3. The fourth-order valence-corrected chi connectivity index (χ4v) is 0.994. The van der Waals surface area contributed by atoms with E-state index < -0.39 is 11.9 Å². The number of carboxylic acids is 1. The van der Waals surface area contributed by atoms with E-state index >= 15 is 0 Å². The molecule has 82 valence electrons. The first-order valence-electron chi connectivity index (χ1n) is 4.59. The monoisotopic (exact) mass is 202 g/mol. The highest BCUT2D eigenvalue weighted by molar-refractivity contribution is 5.75. The molecule has 1 atom stereocenters. The molecule has 0 aromatic rings. The van der Waals surface area contributed by atoms with Gasteiger partial charge in [0, 0.05) is 27.2 Å². The van der Waals surface area contributed by atoms with Gasteiger partial charge in [0.05, 0.1) is 5.92 Å².